The minimum atomic E-state index is -0.458. The molecule has 9 heteroatoms. The number of nitrogens with zero attached hydrogens (tertiary/aromatic N) is 3. The van der Waals surface area contributed by atoms with Crippen LogP contribution >= 0.6 is 0 Å². The van der Waals surface area contributed by atoms with Gasteiger partial charge in [0.05, 0.1) is 31.3 Å². The van der Waals surface area contributed by atoms with E-state index in [0.717, 1.165) is 12.8 Å². The fourth-order valence-electron chi connectivity index (χ4n) is 4.17. The van der Waals surface area contributed by atoms with Crippen LogP contribution in [0.4, 0.5) is 11.4 Å². The molecule has 1 fully saturated rings. The van der Waals surface area contributed by atoms with Crippen molar-refractivity contribution in [2.75, 3.05) is 19.5 Å². The van der Waals surface area contributed by atoms with E-state index in [1.165, 1.54) is 26.9 Å². The van der Waals surface area contributed by atoms with E-state index < -0.39 is 11.2 Å². The van der Waals surface area contributed by atoms with Gasteiger partial charge in [0, 0.05) is 25.2 Å². The number of para-hydroxylation sites is 1. The second kappa shape index (κ2) is 8.26. The lowest BCUT2D eigenvalue weighted by atomic mass is 10.2. The Hall–Kier alpha value is -4.27. The highest BCUT2D eigenvalue weighted by Crippen LogP contribution is 2.35. The molecule has 0 saturated heterocycles. The van der Waals surface area contributed by atoms with Crippen molar-refractivity contribution in [3.05, 3.63) is 85.8 Å². The van der Waals surface area contributed by atoms with Crippen LogP contribution in [0.5, 0.6) is 11.5 Å². The molecule has 0 bridgehead atoms. The number of nitrogens with one attached hydrogen (secondary N) is 1. The number of pyridine rings is 1. The number of methoxy groups -OCH3 is 2. The Balaban J connectivity index is 1.86. The number of hydrogen-bond acceptors (Lipinski definition) is 6. The summed E-state index contributed by atoms with van der Waals surface area (Å²) in [6.45, 7) is 0. The van der Waals surface area contributed by atoms with Crippen molar-refractivity contribution in [3.8, 4) is 17.2 Å². The van der Waals surface area contributed by atoms with Gasteiger partial charge in [-0.15, -0.1) is 0 Å². The first kappa shape index (κ1) is 21.6. The van der Waals surface area contributed by atoms with E-state index in [2.05, 4.69) is 5.32 Å². The summed E-state index contributed by atoms with van der Waals surface area (Å²) in [6, 6.07) is 15.4. The molecule has 1 saturated carbocycles. The monoisotopic (exact) mass is 460 g/mol. The number of rotatable bonds is 6. The number of aromatic nitrogens is 3. The number of benzene rings is 2. The van der Waals surface area contributed by atoms with Gasteiger partial charge in [0.2, 0.25) is 0 Å². The van der Waals surface area contributed by atoms with Gasteiger partial charge in [-0.2, -0.15) is 0 Å². The molecule has 174 valence electrons. The lowest BCUT2D eigenvalue weighted by molar-refractivity contribution is 0.395. The van der Waals surface area contributed by atoms with E-state index in [4.69, 9.17) is 9.47 Å². The zero-order valence-corrected chi connectivity index (χ0v) is 19.1. The Morgan fingerprint density at radius 1 is 0.912 bits per heavy atom. The van der Waals surface area contributed by atoms with Gasteiger partial charge in [-0.3, -0.25) is 18.7 Å². The standard InChI is InChI=1S/C25H24N4O5/c1-27-21(30)14-19(26-18-12-11-17(33-2)13-20(18)34-3)22-23(27)28(15-7-5-4-6-8-15)25(32)29(24(22)31)16-9-10-16/h4-8,11-14,16,26H,9-10H2,1-3H3. The summed E-state index contributed by atoms with van der Waals surface area (Å²) in [5, 5.41) is 3.43. The van der Waals surface area contributed by atoms with Crippen LogP contribution in [0.2, 0.25) is 0 Å². The van der Waals surface area contributed by atoms with E-state index in [1.54, 1.807) is 44.5 Å². The van der Waals surface area contributed by atoms with E-state index in [-0.39, 0.29) is 22.6 Å². The number of anilines is 2. The van der Waals surface area contributed by atoms with Gasteiger partial charge in [-0.25, -0.2) is 9.36 Å². The fourth-order valence-corrected chi connectivity index (χ4v) is 4.17. The normalized spacial score (nSPS) is 13.1. The van der Waals surface area contributed by atoms with Crippen LogP contribution in [-0.2, 0) is 7.05 Å². The van der Waals surface area contributed by atoms with Crippen LogP contribution in [0.25, 0.3) is 16.7 Å². The topological polar surface area (TPSA) is 96.5 Å². The first-order valence-electron chi connectivity index (χ1n) is 10.9. The van der Waals surface area contributed by atoms with E-state index in [9.17, 15) is 14.4 Å². The molecule has 5 rings (SSSR count). The summed E-state index contributed by atoms with van der Waals surface area (Å²) < 4.78 is 14.8. The van der Waals surface area contributed by atoms with E-state index >= 15 is 0 Å². The molecule has 2 aromatic heterocycles. The molecule has 0 aliphatic heterocycles. The highest BCUT2D eigenvalue weighted by molar-refractivity contribution is 5.92. The summed E-state index contributed by atoms with van der Waals surface area (Å²) in [5.74, 6) is 1.08. The molecule has 0 spiro atoms. The van der Waals surface area contributed by atoms with Crippen molar-refractivity contribution < 1.29 is 9.47 Å². The second-order valence-corrected chi connectivity index (χ2v) is 8.20. The van der Waals surface area contributed by atoms with Crippen molar-refractivity contribution in [3.63, 3.8) is 0 Å². The maximum Gasteiger partial charge on any atom is 0.337 e. The third-order valence-corrected chi connectivity index (χ3v) is 6.06. The molecule has 2 aromatic carbocycles. The third-order valence-electron chi connectivity index (χ3n) is 6.06. The average molecular weight is 460 g/mol. The van der Waals surface area contributed by atoms with Crippen LogP contribution in [-0.4, -0.2) is 27.9 Å². The van der Waals surface area contributed by atoms with Gasteiger partial charge in [0.15, 0.2) is 0 Å². The van der Waals surface area contributed by atoms with Crippen molar-refractivity contribution in [1.29, 1.82) is 0 Å². The van der Waals surface area contributed by atoms with Gasteiger partial charge < -0.3 is 14.8 Å². The van der Waals surface area contributed by atoms with Crippen LogP contribution in [0, 0.1) is 0 Å². The fraction of sp³-hybridized carbons (Fsp3) is 0.240. The molecule has 1 aliphatic rings. The first-order valence-corrected chi connectivity index (χ1v) is 10.9. The summed E-state index contributed by atoms with van der Waals surface area (Å²) in [5.41, 5.74) is 0.385. The predicted molar refractivity (Wildman–Crippen MR) is 130 cm³/mol. The molecule has 0 atom stereocenters. The second-order valence-electron chi connectivity index (χ2n) is 8.20. The summed E-state index contributed by atoms with van der Waals surface area (Å²) in [7, 11) is 4.64. The minimum absolute atomic E-state index is 0.153. The van der Waals surface area contributed by atoms with Gasteiger partial charge >= 0.3 is 5.69 Å². The predicted octanol–water partition coefficient (Wildman–Crippen LogP) is 2.95. The first-order chi connectivity index (χ1) is 16.4. The molecule has 1 N–H and O–H groups in total. The number of hydrogen-bond donors (Lipinski definition) is 1. The van der Waals surface area contributed by atoms with Gasteiger partial charge in [0.1, 0.15) is 22.5 Å². The molecule has 1 aliphatic carbocycles. The van der Waals surface area contributed by atoms with E-state index in [1.807, 2.05) is 18.2 Å². The van der Waals surface area contributed by atoms with Crippen molar-refractivity contribution in [1.82, 2.24) is 13.7 Å². The van der Waals surface area contributed by atoms with Crippen LogP contribution < -0.4 is 31.6 Å². The molecule has 0 radical (unpaired) electrons. The van der Waals surface area contributed by atoms with Crippen molar-refractivity contribution in [2.24, 2.45) is 7.05 Å². The molecule has 34 heavy (non-hydrogen) atoms. The van der Waals surface area contributed by atoms with Crippen molar-refractivity contribution >= 4 is 22.4 Å². The lowest BCUT2D eigenvalue weighted by Crippen LogP contribution is -2.41. The summed E-state index contributed by atoms with van der Waals surface area (Å²) >= 11 is 0. The highest BCUT2D eigenvalue weighted by atomic mass is 16.5. The van der Waals surface area contributed by atoms with E-state index in [0.29, 0.717) is 28.6 Å². The highest BCUT2D eigenvalue weighted by Gasteiger charge is 2.31. The van der Waals surface area contributed by atoms with Gasteiger partial charge in [-0.05, 0) is 37.1 Å². The molecule has 2 heterocycles. The van der Waals surface area contributed by atoms with Crippen molar-refractivity contribution in [2.45, 2.75) is 18.9 Å². The summed E-state index contributed by atoms with van der Waals surface area (Å²) in [6.07, 6.45) is 1.52. The largest absolute Gasteiger partial charge is 0.497 e. The smallest absolute Gasteiger partial charge is 0.337 e. The van der Waals surface area contributed by atoms with Crippen LogP contribution in [0.1, 0.15) is 18.9 Å². The molecular weight excluding hydrogens is 436 g/mol. The Kier molecular flexibility index (Phi) is 5.24. The maximum atomic E-state index is 13.7. The molecule has 0 unspecified atom stereocenters. The number of aryl methyl sites for hydroxylation is 1. The molecule has 4 aromatic rings. The van der Waals surface area contributed by atoms with Gasteiger partial charge in [0.25, 0.3) is 11.1 Å². The third kappa shape index (κ3) is 3.45. The minimum Gasteiger partial charge on any atom is -0.497 e. The molecular formula is C25H24N4O5. The molecule has 0 amide bonds. The SMILES string of the molecule is COc1ccc(Nc2cc(=O)n(C)c3c2c(=O)n(C2CC2)c(=O)n3-c2ccccc2)c(OC)c1. The molecule has 9 nitrogen and oxygen atoms in total. The Bertz CT molecular complexity index is 1580. The number of ether oxygens (including phenoxy) is 2. The van der Waals surface area contributed by atoms with Crippen LogP contribution in [0.3, 0.4) is 0 Å². The Labute approximate surface area is 194 Å². The maximum absolute atomic E-state index is 13.7. The van der Waals surface area contributed by atoms with Gasteiger partial charge in [-0.1, -0.05) is 18.2 Å². The zero-order chi connectivity index (χ0) is 24.0. The zero-order valence-electron chi connectivity index (χ0n) is 19.1. The quantitative estimate of drug-likeness (QED) is 0.475. The Morgan fingerprint density at radius 2 is 1.65 bits per heavy atom. The summed E-state index contributed by atoms with van der Waals surface area (Å²) in [4.78, 5) is 40.2. The lowest BCUT2D eigenvalue weighted by Gasteiger charge is -2.19. The average Bonchev–Trinajstić information content (AvgIpc) is 3.68. The van der Waals surface area contributed by atoms with Crippen LogP contribution in [0.15, 0.2) is 69.0 Å². The Morgan fingerprint density at radius 3 is 2.29 bits per heavy atom. The number of fused-ring (bicyclic) bond motifs is 1.